The number of fused-ring (bicyclic) bond motifs is 2. The lowest BCUT2D eigenvalue weighted by atomic mass is 9.89. The first kappa shape index (κ1) is 21.0. The van der Waals surface area contributed by atoms with Crippen molar-refractivity contribution in [2.24, 2.45) is 4.99 Å². The molecule has 4 aromatic carbocycles. The molecule has 0 aliphatic carbocycles. The predicted octanol–water partition coefficient (Wildman–Crippen LogP) is 5.21. The van der Waals surface area contributed by atoms with Crippen molar-refractivity contribution in [1.82, 2.24) is 9.80 Å². The highest BCUT2D eigenvalue weighted by Gasteiger charge is 2.34. The van der Waals surface area contributed by atoms with E-state index in [1.165, 1.54) is 4.90 Å². The zero-order valence-corrected chi connectivity index (χ0v) is 19.0. The van der Waals surface area contributed by atoms with E-state index >= 15 is 0 Å². The van der Waals surface area contributed by atoms with Gasteiger partial charge in [-0.2, -0.15) is 0 Å². The summed E-state index contributed by atoms with van der Waals surface area (Å²) >= 11 is 0. The van der Waals surface area contributed by atoms with Crippen LogP contribution in [-0.4, -0.2) is 55.0 Å². The first-order valence-electron chi connectivity index (χ1n) is 11.0. The summed E-state index contributed by atoms with van der Waals surface area (Å²) in [6.45, 7) is 3.02. The van der Waals surface area contributed by atoms with Gasteiger partial charge in [-0.3, -0.25) is 19.5 Å². The second-order valence-corrected chi connectivity index (χ2v) is 8.71. The Balaban J connectivity index is 1.71. The fourth-order valence-electron chi connectivity index (χ4n) is 4.44. The summed E-state index contributed by atoms with van der Waals surface area (Å²) in [4.78, 5) is 34.9. The molecule has 1 aliphatic heterocycles. The SMILES string of the molecule is Cc1ccccc1C=Nc1cccc2c3c4c(cccc4cc12)C(=O)N(CCN(C)C)C3=O. The van der Waals surface area contributed by atoms with Crippen LogP contribution in [0.1, 0.15) is 31.8 Å². The lowest BCUT2D eigenvalue weighted by molar-refractivity contribution is 0.0602. The molecule has 5 rings (SSSR count). The van der Waals surface area contributed by atoms with E-state index in [2.05, 4.69) is 13.0 Å². The fourth-order valence-corrected chi connectivity index (χ4v) is 4.44. The van der Waals surface area contributed by atoms with Crippen LogP contribution in [0.4, 0.5) is 5.69 Å². The van der Waals surface area contributed by atoms with E-state index in [1.54, 1.807) is 0 Å². The van der Waals surface area contributed by atoms with Gasteiger partial charge in [0, 0.05) is 35.6 Å². The van der Waals surface area contributed by atoms with Crippen LogP contribution in [0.3, 0.4) is 0 Å². The number of imide groups is 1. The molecule has 0 unspecified atom stereocenters. The third-order valence-corrected chi connectivity index (χ3v) is 6.24. The van der Waals surface area contributed by atoms with E-state index in [4.69, 9.17) is 4.99 Å². The normalized spacial score (nSPS) is 13.8. The average molecular weight is 436 g/mol. The van der Waals surface area contributed by atoms with E-state index in [-0.39, 0.29) is 11.8 Å². The quantitative estimate of drug-likeness (QED) is 0.246. The van der Waals surface area contributed by atoms with Crippen molar-refractivity contribution in [1.29, 1.82) is 0 Å². The zero-order valence-electron chi connectivity index (χ0n) is 19.0. The molecule has 0 N–H and O–H groups in total. The molecule has 33 heavy (non-hydrogen) atoms. The molecular weight excluding hydrogens is 410 g/mol. The third kappa shape index (κ3) is 3.60. The topological polar surface area (TPSA) is 53.0 Å². The van der Waals surface area contributed by atoms with Crippen LogP contribution in [0.15, 0.2) is 71.7 Å². The van der Waals surface area contributed by atoms with E-state index < -0.39 is 0 Å². The van der Waals surface area contributed by atoms with Gasteiger partial charge in [-0.05, 0) is 61.1 Å². The molecule has 1 heterocycles. The minimum atomic E-state index is -0.240. The molecule has 4 aromatic rings. The van der Waals surface area contributed by atoms with Crippen LogP contribution in [0.25, 0.3) is 21.5 Å². The van der Waals surface area contributed by atoms with Gasteiger partial charge in [-0.15, -0.1) is 0 Å². The lowest BCUT2D eigenvalue weighted by Crippen LogP contribution is -2.43. The Morgan fingerprint density at radius 1 is 0.909 bits per heavy atom. The fraction of sp³-hybridized carbons (Fsp3) is 0.179. The summed E-state index contributed by atoms with van der Waals surface area (Å²) in [5.74, 6) is -0.468. The molecule has 164 valence electrons. The van der Waals surface area contributed by atoms with E-state index in [0.29, 0.717) is 24.2 Å². The van der Waals surface area contributed by atoms with Crippen molar-refractivity contribution in [2.45, 2.75) is 6.92 Å². The van der Waals surface area contributed by atoms with Crippen molar-refractivity contribution in [2.75, 3.05) is 27.2 Å². The van der Waals surface area contributed by atoms with Crippen LogP contribution < -0.4 is 0 Å². The Bertz CT molecular complexity index is 1450. The summed E-state index contributed by atoms with van der Waals surface area (Å²) in [5.41, 5.74) is 4.16. The highest BCUT2D eigenvalue weighted by Crippen LogP contribution is 2.38. The summed E-state index contributed by atoms with van der Waals surface area (Å²) in [6, 6.07) is 21.6. The Morgan fingerprint density at radius 3 is 2.48 bits per heavy atom. The van der Waals surface area contributed by atoms with E-state index in [0.717, 1.165) is 38.4 Å². The Labute approximate surface area is 193 Å². The Hall–Kier alpha value is -3.83. The molecule has 0 saturated carbocycles. The van der Waals surface area contributed by atoms with Crippen molar-refractivity contribution in [3.8, 4) is 0 Å². The van der Waals surface area contributed by atoms with Crippen LogP contribution in [0.5, 0.6) is 0 Å². The molecular formula is C28H25N3O2. The van der Waals surface area contributed by atoms with Gasteiger partial charge in [0.05, 0.1) is 11.3 Å². The van der Waals surface area contributed by atoms with Gasteiger partial charge in [0.2, 0.25) is 0 Å². The number of likely N-dealkylation sites (N-methyl/N-ethyl adjacent to an activating group) is 1. The van der Waals surface area contributed by atoms with Gasteiger partial charge in [0.15, 0.2) is 0 Å². The number of aryl methyl sites for hydroxylation is 1. The first-order chi connectivity index (χ1) is 16.0. The molecule has 5 heteroatoms. The maximum absolute atomic E-state index is 13.6. The smallest absolute Gasteiger partial charge is 0.262 e. The summed E-state index contributed by atoms with van der Waals surface area (Å²) in [7, 11) is 3.86. The molecule has 5 nitrogen and oxygen atoms in total. The number of benzene rings is 4. The monoisotopic (exact) mass is 435 g/mol. The Morgan fingerprint density at radius 2 is 1.70 bits per heavy atom. The second kappa shape index (κ2) is 8.26. The third-order valence-electron chi connectivity index (χ3n) is 6.24. The molecule has 2 amide bonds. The van der Waals surface area contributed by atoms with Crippen LogP contribution in [0.2, 0.25) is 0 Å². The molecule has 0 atom stereocenters. The summed E-state index contributed by atoms with van der Waals surface area (Å²) < 4.78 is 0. The molecule has 0 aromatic heterocycles. The highest BCUT2D eigenvalue weighted by atomic mass is 16.2. The standard InChI is InChI=1S/C28H25N3O2/c1-18-8-4-5-9-20(18)17-29-24-13-7-11-21-23(24)16-19-10-6-12-22-25(19)26(21)28(33)31(27(22)32)15-14-30(2)3/h4-13,16-17H,14-15H2,1-3H3. The number of hydrogen-bond acceptors (Lipinski definition) is 4. The van der Waals surface area contributed by atoms with Gasteiger partial charge in [-0.1, -0.05) is 48.5 Å². The highest BCUT2D eigenvalue weighted by molar-refractivity contribution is 6.31. The van der Waals surface area contributed by atoms with Crippen molar-refractivity contribution < 1.29 is 9.59 Å². The lowest BCUT2D eigenvalue weighted by Gasteiger charge is -2.29. The summed E-state index contributed by atoms with van der Waals surface area (Å²) in [6.07, 6.45) is 1.87. The number of rotatable bonds is 5. The van der Waals surface area contributed by atoms with Gasteiger partial charge in [0.25, 0.3) is 11.8 Å². The average Bonchev–Trinajstić information content (AvgIpc) is 2.80. The maximum atomic E-state index is 13.6. The second-order valence-electron chi connectivity index (χ2n) is 8.71. The number of carbonyl (C=O) groups is 2. The molecule has 1 aliphatic rings. The van der Waals surface area contributed by atoms with Gasteiger partial charge >= 0.3 is 0 Å². The van der Waals surface area contributed by atoms with Crippen molar-refractivity contribution in [3.63, 3.8) is 0 Å². The van der Waals surface area contributed by atoms with E-state index in [9.17, 15) is 9.59 Å². The number of amides is 2. The van der Waals surface area contributed by atoms with Crippen LogP contribution >= 0.6 is 0 Å². The number of hydrogen-bond donors (Lipinski definition) is 0. The maximum Gasteiger partial charge on any atom is 0.262 e. The molecule has 0 spiro atoms. The molecule has 0 fully saturated rings. The minimum Gasteiger partial charge on any atom is -0.308 e. The van der Waals surface area contributed by atoms with Crippen molar-refractivity contribution >= 4 is 45.3 Å². The molecule has 0 bridgehead atoms. The molecule has 0 saturated heterocycles. The van der Waals surface area contributed by atoms with Crippen LogP contribution in [-0.2, 0) is 0 Å². The largest absolute Gasteiger partial charge is 0.308 e. The van der Waals surface area contributed by atoms with Gasteiger partial charge in [-0.25, -0.2) is 0 Å². The molecule has 0 radical (unpaired) electrons. The predicted molar refractivity (Wildman–Crippen MR) is 134 cm³/mol. The van der Waals surface area contributed by atoms with E-state index in [1.807, 2.05) is 85.9 Å². The minimum absolute atomic E-state index is 0.229. The Kier molecular flexibility index (Phi) is 5.27. The first-order valence-corrected chi connectivity index (χ1v) is 11.0. The number of aliphatic imine (C=N–C) groups is 1. The van der Waals surface area contributed by atoms with Crippen LogP contribution in [0, 0.1) is 6.92 Å². The number of carbonyl (C=O) groups excluding carboxylic acids is 2. The summed E-state index contributed by atoms with van der Waals surface area (Å²) in [5, 5.41) is 3.34. The van der Waals surface area contributed by atoms with Crippen molar-refractivity contribution in [3.05, 3.63) is 89.0 Å². The number of nitrogens with zero attached hydrogens (tertiary/aromatic N) is 3. The zero-order chi connectivity index (χ0) is 23.1. The van der Waals surface area contributed by atoms with Gasteiger partial charge < -0.3 is 4.90 Å². The van der Waals surface area contributed by atoms with Gasteiger partial charge in [0.1, 0.15) is 0 Å².